The summed E-state index contributed by atoms with van der Waals surface area (Å²) < 4.78 is 7.28. The average Bonchev–Trinajstić information content (AvgIpc) is 2.91. The van der Waals surface area contributed by atoms with Crippen molar-refractivity contribution in [3.05, 3.63) is 60.3 Å². The molecule has 0 aliphatic heterocycles. The van der Waals surface area contributed by atoms with Gasteiger partial charge in [-0.15, -0.1) is 0 Å². The van der Waals surface area contributed by atoms with Crippen molar-refractivity contribution >= 4 is 22.5 Å². The fraction of sp³-hybridized carbons (Fsp3) is 0.167. The smallest absolute Gasteiger partial charge is 0.274 e. The number of anilines is 1. The van der Waals surface area contributed by atoms with E-state index >= 15 is 0 Å². The van der Waals surface area contributed by atoms with Gasteiger partial charge in [-0.1, -0.05) is 24.3 Å². The lowest BCUT2D eigenvalue weighted by Gasteiger charge is -2.17. The number of aryl methyl sites for hydroxylation is 1. The molecule has 1 aromatic heterocycles. The van der Waals surface area contributed by atoms with E-state index < -0.39 is 0 Å². The maximum absolute atomic E-state index is 12.8. The molecule has 0 saturated heterocycles. The summed E-state index contributed by atoms with van der Waals surface area (Å²) in [6.07, 6.45) is 0. The third-order valence-electron chi connectivity index (χ3n) is 3.93. The van der Waals surface area contributed by atoms with E-state index in [0.29, 0.717) is 5.69 Å². The van der Waals surface area contributed by atoms with E-state index in [1.165, 1.54) is 0 Å². The molecule has 0 radical (unpaired) electrons. The molecule has 0 N–H and O–H groups in total. The van der Waals surface area contributed by atoms with Crippen molar-refractivity contribution in [1.29, 1.82) is 0 Å². The predicted octanol–water partition coefficient (Wildman–Crippen LogP) is 3.46. The van der Waals surface area contributed by atoms with Gasteiger partial charge in [-0.25, -0.2) is 0 Å². The first kappa shape index (κ1) is 14.2. The van der Waals surface area contributed by atoms with Crippen LogP contribution < -0.4 is 9.64 Å². The number of amides is 1. The van der Waals surface area contributed by atoms with Gasteiger partial charge in [0.25, 0.3) is 5.91 Å². The summed E-state index contributed by atoms with van der Waals surface area (Å²) in [5.74, 6) is 0.724. The van der Waals surface area contributed by atoms with Gasteiger partial charge in [0.2, 0.25) is 0 Å². The fourth-order valence-electron chi connectivity index (χ4n) is 2.66. The number of hydrogen-bond donors (Lipinski definition) is 0. The van der Waals surface area contributed by atoms with Crippen LogP contribution in [0.3, 0.4) is 0 Å². The SMILES string of the molecule is COc1cccc2c1cc(C(=O)N(C)c1ccccc1)n2C. The van der Waals surface area contributed by atoms with E-state index in [2.05, 4.69) is 0 Å². The molecule has 0 spiro atoms. The van der Waals surface area contributed by atoms with Crippen LogP contribution in [0, 0.1) is 0 Å². The van der Waals surface area contributed by atoms with Crippen molar-refractivity contribution in [2.45, 2.75) is 0 Å². The molecule has 0 unspecified atom stereocenters. The summed E-state index contributed by atoms with van der Waals surface area (Å²) in [4.78, 5) is 14.5. The summed E-state index contributed by atoms with van der Waals surface area (Å²) in [6.45, 7) is 0. The summed E-state index contributed by atoms with van der Waals surface area (Å²) in [7, 11) is 5.32. The van der Waals surface area contributed by atoms with E-state index in [9.17, 15) is 4.79 Å². The highest BCUT2D eigenvalue weighted by Crippen LogP contribution is 2.29. The van der Waals surface area contributed by atoms with Crippen LogP contribution >= 0.6 is 0 Å². The van der Waals surface area contributed by atoms with Crippen LogP contribution in [0.15, 0.2) is 54.6 Å². The molecule has 0 aliphatic carbocycles. The lowest BCUT2D eigenvalue weighted by atomic mass is 10.2. The Bertz CT molecular complexity index is 822. The van der Waals surface area contributed by atoms with Crippen molar-refractivity contribution in [3.8, 4) is 5.75 Å². The summed E-state index contributed by atoms with van der Waals surface area (Å²) in [6, 6.07) is 17.3. The van der Waals surface area contributed by atoms with Gasteiger partial charge in [-0.2, -0.15) is 0 Å². The number of methoxy groups -OCH3 is 1. The highest BCUT2D eigenvalue weighted by atomic mass is 16.5. The molecule has 22 heavy (non-hydrogen) atoms. The second kappa shape index (κ2) is 5.56. The summed E-state index contributed by atoms with van der Waals surface area (Å²) in [5.41, 5.74) is 2.47. The van der Waals surface area contributed by atoms with Crippen molar-refractivity contribution in [1.82, 2.24) is 4.57 Å². The van der Waals surface area contributed by atoms with Crippen molar-refractivity contribution in [2.24, 2.45) is 7.05 Å². The predicted molar refractivity (Wildman–Crippen MR) is 88.6 cm³/mol. The van der Waals surface area contributed by atoms with Crippen LogP contribution in [0.5, 0.6) is 5.75 Å². The van der Waals surface area contributed by atoms with Gasteiger partial charge in [-0.05, 0) is 30.3 Å². The molecule has 112 valence electrons. The van der Waals surface area contributed by atoms with Crippen LogP contribution in [-0.2, 0) is 7.05 Å². The second-order valence-electron chi connectivity index (χ2n) is 5.18. The van der Waals surface area contributed by atoms with Gasteiger partial charge >= 0.3 is 0 Å². The minimum Gasteiger partial charge on any atom is -0.496 e. The maximum atomic E-state index is 12.8. The number of fused-ring (bicyclic) bond motifs is 1. The molecule has 1 heterocycles. The minimum atomic E-state index is -0.0491. The Morgan fingerprint density at radius 1 is 1.09 bits per heavy atom. The zero-order valence-electron chi connectivity index (χ0n) is 12.9. The molecule has 0 atom stereocenters. The average molecular weight is 294 g/mol. The Kier molecular flexibility index (Phi) is 3.59. The lowest BCUT2D eigenvalue weighted by molar-refractivity contribution is 0.0985. The van der Waals surface area contributed by atoms with E-state index in [-0.39, 0.29) is 5.91 Å². The molecule has 0 fully saturated rings. The number of ether oxygens (including phenoxy) is 1. The Hall–Kier alpha value is -2.75. The van der Waals surface area contributed by atoms with Crippen molar-refractivity contribution < 1.29 is 9.53 Å². The number of carbonyl (C=O) groups is 1. The Morgan fingerprint density at radius 2 is 1.82 bits per heavy atom. The lowest BCUT2D eigenvalue weighted by Crippen LogP contribution is -2.27. The second-order valence-corrected chi connectivity index (χ2v) is 5.18. The third-order valence-corrected chi connectivity index (χ3v) is 3.93. The van der Waals surface area contributed by atoms with Crippen LogP contribution in [0.2, 0.25) is 0 Å². The summed E-state index contributed by atoms with van der Waals surface area (Å²) >= 11 is 0. The number of hydrogen-bond acceptors (Lipinski definition) is 2. The molecular weight excluding hydrogens is 276 g/mol. The molecule has 3 rings (SSSR count). The first-order valence-electron chi connectivity index (χ1n) is 7.09. The molecule has 4 heteroatoms. The van der Waals surface area contributed by atoms with E-state index in [0.717, 1.165) is 22.3 Å². The molecule has 4 nitrogen and oxygen atoms in total. The first-order valence-corrected chi connectivity index (χ1v) is 7.09. The monoisotopic (exact) mass is 294 g/mol. The van der Waals surface area contributed by atoms with Crippen LogP contribution in [0.4, 0.5) is 5.69 Å². The number of para-hydroxylation sites is 1. The topological polar surface area (TPSA) is 34.5 Å². The largest absolute Gasteiger partial charge is 0.496 e. The Morgan fingerprint density at radius 3 is 2.50 bits per heavy atom. The van der Waals surface area contributed by atoms with Crippen LogP contribution in [0.25, 0.3) is 10.9 Å². The quantitative estimate of drug-likeness (QED) is 0.741. The van der Waals surface area contributed by atoms with Crippen molar-refractivity contribution in [2.75, 3.05) is 19.1 Å². The van der Waals surface area contributed by atoms with Gasteiger partial charge in [0.05, 0.1) is 12.6 Å². The van der Waals surface area contributed by atoms with Gasteiger partial charge in [0.15, 0.2) is 0 Å². The highest BCUT2D eigenvalue weighted by Gasteiger charge is 2.19. The molecule has 2 aromatic carbocycles. The van der Waals surface area contributed by atoms with Gasteiger partial charge in [0, 0.05) is 25.2 Å². The van der Waals surface area contributed by atoms with Crippen LogP contribution in [0.1, 0.15) is 10.5 Å². The zero-order chi connectivity index (χ0) is 15.7. The number of nitrogens with zero attached hydrogens (tertiary/aromatic N) is 2. The van der Waals surface area contributed by atoms with E-state index in [1.807, 2.05) is 66.2 Å². The van der Waals surface area contributed by atoms with Gasteiger partial charge in [-0.3, -0.25) is 4.79 Å². The Balaban J connectivity index is 2.07. The van der Waals surface area contributed by atoms with Gasteiger partial charge in [0.1, 0.15) is 11.4 Å². The van der Waals surface area contributed by atoms with E-state index in [4.69, 9.17) is 4.74 Å². The number of carbonyl (C=O) groups excluding carboxylic acids is 1. The standard InChI is InChI=1S/C18H18N2O2/c1-19(13-8-5-4-6-9-13)18(21)16-12-14-15(20(16)2)10-7-11-17(14)22-3/h4-12H,1-3H3. The Labute approximate surface area is 129 Å². The molecule has 0 bridgehead atoms. The third kappa shape index (κ3) is 2.22. The molecule has 3 aromatic rings. The van der Waals surface area contributed by atoms with Gasteiger partial charge < -0.3 is 14.2 Å². The maximum Gasteiger partial charge on any atom is 0.274 e. The first-order chi connectivity index (χ1) is 10.6. The number of rotatable bonds is 3. The number of aromatic nitrogens is 1. The van der Waals surface area contributed by atoms with Crippen LogP contribution in [-0.4, -0.2) is 24.6 Å². The molecule has 0 aliphatic rings. The molecule has 0 saturated carbocycles. The fourth-order valence-corrected chi connectivity index (χ4v) is 2.66. The molecule has 1 amide bonds. The number of benzene rings is 2. The molecular formula is C18H18N2O2. The highest BCUT2D eigenvalue weighted by molar-refractivity contribution is 6.08. The van der Waals surface area contributed by atoms with Crippen molar-refractivity contribution in [3.63, 3.8) is 0 Å². The summed E-state index contributed by atoms with van der Waals surface area (Å²) in [5, 5.41) is 0.942. The minimum absolute atomic E-state index is 0.0491. The zero-order valence-corrected chi connectivity index (χ0v) is 12.9. The van der Waals surface area contributed by atoms with E-state index in [1.54, 1.807) is 19.1 Å². The normalized spacial score (nSPS) is 10.7.